The molecule has 1 amide bonds. The van der Waals surface area contributed by atoms with Crippen molar-refractivity contribution >= 4 is 5.91 Å². The molecule has 0 radical (unpaired) electrons. The van der Waals surface area contributed by atoms with Crippen LogP contribution in [0.25, 0.3) is 0 Å². The van der Waals surface area contributed by atoms with Crippen LogP contribution in [0.1, 0.15) is 44.7 Å². The molecule has 1 unspecified atom stereocenters. The summed E-state index contributed by atoms with van der Waals surface area (Å²) in [6.45, 7) is 0.0638. The van der Waals surface area contributed by atoms with Gasteiger partial charge in [-0.1, -0.05) is 6.07 Å². The van der Waals surface area contributed by atoms with Gasteiger partial charge in [0.25, 0.3) is 0 Å². The summed E-state index contributed by atoms with van der Waals surface area (Å²) in [5, 5.41) is 2.70. The molecule has 0 aliphatic carbocycles. The van der Waals surface area contributed by atoms with E-state index in [1.807, 2.05) is 0 Å². The topological polar surface area (TPSA) is 68.0 Å². The molecule has 27 heavy (non-hydrogen) atoms. The second-order valence-electron chi connectivity index (χ2n) is 6.13. The maximum Gasteiger partial charge on any atom is 0.417 e. The van der Waals surface area contributed by atoms with Crippen LogP contribution in [0.4, 0.5) is 26.3 Å². The van der Waals surface area contributed by atoms with Gasteiger partial charge in [-0.05, 0) is 35.4 Å². The Morgan fingerprint density at radius 1 is 1.15 bits per heavy atom. The lowest BCUT2D eigenvalue weighted by Gasteiger charge is -2.27. The molecule has 10 heteroatoms. The average molecular weight is 389 g/mol. The van der Waals surface area contributed by atoms with Crippen LogP contribution < -0.4 is 11.1 Å². The van der Waals surface area contributed by atoms with E-state index in [9.17, 15) is 31.1 Å². The first-order valence-corrected chi connectivity index (χ1v) is 7.74. The summed E-state index contributed by atoms with van der Waals surface area (Å²) in [6.07, 6.45) is -9.06. The zero-order valence-electron chi connectivity index (χ0n) is 13.5. The summed E-state index contributed by atoms with van der Waals surface area (Å²) in [5.74, 6) is -2.86. The molecular weight excluding hydrogens is 376 g/mol. The molecule has 2 aromatic rings. The lowest BCUT2D eigenvalue weighted by molar-refractivity contribution is -0.158. The second kappa shape index (κ2) is 6.52. The summed E-state index contributed by atoms with van der Waals surface area (Å²) < 4.78 is 79.1. The predicted octanol–water partition coefficient (Wildman–Crippen LogP) is 3.69. The van der Waals surface area contributed by atoms with Gasteiger partial charge in [-0.2, -0.15) is 26.3 Å². The van der Waals surface area contributed by atoms with E-state index < -0.39 is 41.5 Å². The number of carbonyl (C=O) groups is 1. The number of amides is 1. The standard InChI is InChI=1S/C17H13F6N3O/c18-16(19,20)10-2-4-12(25-7-10)13(17(21,22)23)14-11-3-1-8(15(24)27)5-9(11)6-26-14/h1-5,7,13-14,26H,6H2,(H2,24,27)/t13-,14?/m0/s1. The number of hydrogen-bond donors (Lipinski definition) is 2. The first-order chi connectivity index (χ1) is 12.5. The van der Waals surface area contributed by atoms with E-state index in [4.69, 9.17) is 5.73 Å². The van der Waals surface area contributed by atoms with E-state index in [0.717, 1.165) is 6.07 Å². The third-order valence-corrected chi connectivity index (χ3v) is 4.39. The molecule has 0 fully saturated rings. The average Bonchev–Trinajstić information content (AvgIpc) is 2.96. The van der Waals surface area contributed by atoms with E-state index in [1.54, 1.807) is 0 Å². The van der Waals surface area contributed by atoms with Crippen molar-refractivity contribution < 1.29 is 31.1 Å². The number of nitrogens with zero attached hydrogens (tertiary/aromatic N) is 1. The smallest absolute Gasteiger partial charge is 0.366 e. The van der Waals surface area contributed by atoms with Gasteiger partial charge in [0.05, 0.1) is 11.3 Å². The summed E-state index contributed by atoms with van der Waals surface area (Å²) in [5.41, 5.74) is 4.44. The number of halogens is 6. The maximum absolute atomic E-state index is 13.7. The Morgan fingerprint density at radius 2 is 1.85 bits per heavy atom. The van der Waals surface area contributed by atoms with Crippen molar-refractivity contribution in [2.45, 2.75) is 30.9 Å². The molecule has 1 aromatic carbocycles. The van der Waals surface area contributed by atoms with Gasteiger partial charge in [-0.15, -0.1) is 0 Å². The number of rotatable bonds is 3. The van der Waals surface area contributed by atoms with Gasteiger partial charge in [0.2, 0.25) is 5.91 Å². The molecule has 0 saturated carbocycles. The molecule has 3 rings (SSSR count). The van der Waals surface area contributed by atoms with Crippen molar-refractivity contribution in [3.8, 4) is 0 Å². The Morgan fingerprint density at radius 3 is 2.37 bits per heavy atom. The van der Waals surface area contributed by atoms with Crippen molar-refractivity contribution in [1.29, 1.82) is 0 Å². The van der Waals surface area contributed by atoms with Crippen molar-refractivity contribution in [2.75, 3.05) is 0 Å². The van der Waals surface area contributed by atoms with E-state index >= 15 is 0 Å². The molecule has 4 nitrogen and oxygen atoms in total. The van der Waals surface area contributed by atoms with Crippen molar-refractivity contribution in [3.63, 3.8) is 0 Å². The van der Waals surface area contributed by atoms with Gasteiger partial charge in [0, 0.05) is 24.3 Å². The van der Waals surface area contributed by atoms with Crippen LogP contribution in [0.2, 0.25) is 0 Å². The number of hydrogen-bond acceptors (Lipinski definition) is 3. The van der Waals surface area contributed by atoms with Gasteiger partial charge < -0.3 is 11.1 Å². The molecule has 0 saturated heterocycles. The van der Waals surface area contributed by atoms with E-state index in [0.29, 0.717) is 23.4 Å². The lowest BCUT2D eigenvalue weighted by atomic mass is 9.89. The van der Waals surface area contributed by atoms with Crippen molar-refractivity contribution in [2.24, 2.45) is 5.73 Å². The minimum Gasteiger partial charge on any atom is -0.366 e. The number of aromatic nitrogens is 1. The Balaban J connectivity index is 2.00. The van der Waals surface area contributed by atoms with E-state index in [-0.39, 0.29) is 12.1 Å². The zero-order chi connectivity index (χ0) is 20.0. The first-order valence-electron chi connectivity index (χ1n) is 7.74. The van der Waals surface area contributed by atoms with Gasteiger partial charge in [0.1, 0.15) is 5.92 Å². The van der Waals surface area contributed by atoms with Gasteiger partial charge in [-0.25, -0.2) is 0 Å². The van der Waals surface area contributed by atoms with Crippen LogP contribution in [-0.4, -0.2) is 17.1 Å². The molecule has 1 aliphatic heterocycles. The van der Waals surface area contributed by atoms with E-state index in [1.165, 1.54) is 18.2 Å². The van der Waals surface area contributed by atoms with Crippen LogP contribution in [0.15, 0.2) is 36.5 Å². The van der Waals surface area contributed by atoms with Crippen LogP contribution in [0.5, 0.6) is 0 Å². The molecule has 1 aliphatic rings. The SMILES string of the molecule is NC(=O)c1ccc2c(c1)CNC2[C@H](c1ccc(C(F)(F)F)cn1)C(F)(F)F. The fourth-order valence-corrected chi connectivity index (χ4v) is 3.13. The Labute approximate surface area is 149 Å². The van der Waals surface area contributed by atoms with Crippen LogP contribution in [0.3, 0.4) is 0 Å². The normalized spacial score (nSPS) is 18.2. The maximum atomic E-state index is 13.7. The lowest BCUT2D eigenvalue weighted by Crippen LogP contribution is -2.32. The quantitative estimate of drug-likeness (QED) is 0.787. The summed E-state index contributed by atoms with van der Waals surface area (Å²) in [6, 6.07) is 4.15. The highest BCUT2D eigenvalue weighted by molar-refractivity contribution is 5.93. The third kappa shape index (κ3) is 3.75. The number of alkyl halides is 6. The van der Waals surface area contributed by atoms with Crippen molar-refractivity contribution in [1.82, 2.24) is 10.3 Å². The monoisotopic (exact) mass is 389 g/mol. The highest BCUT2D eigenvalue weighted by Crippen LogP contribution is 2.46. The highest BCUT2D eigenvalue weighted by Gasteiger charge is 2.49. The number of carbonyl (C=O) groups excluding carboxylic acids is 1. The Hall–Kier alpha value is -2.62. The summed E-state index contributed by atoms with van der Waals surface area (Å²) in [4.78, 5) is 14.7. The van der Waals surface area contributed by atoms with Crippen LogP contribution >= 0.6 is 0 Å². The Bertz CT molecular complexity index is 860. The Kier molecular flexibility index (Phi) is 4.62. The van der Waals surface area contributed by atoms with Crippen LogP contribution in [-0.2, 0) is 12.7 Å². The number of primary amides is 1. The van der Waals surface area contributed by atoms with Gasteiger partial charge in [-0.3, -0.25) is 9.78 Å². The van der Waals surface area contributed by atoms with Gasteiger partial charge >= 0.3 is 12.4 Å². The largest absolute Gasteiger partial charge is 0.417 e. The molecule has 3 N–H and O–H groups in total. The fraction of sp³-hybridized carbons (Fsp3) is 0.294. The number of nitrogens with two attached hydrogens (primary N) is 1. The summed E-state index contributed by atoms with van der Waals surface area (Å²) >= 11 is 0. The number of pyridine rings is 1. The molecule has 1 aromatic heterocycles. The molecule has 2 atom stereocenters. The number of benzene rings is 1. The molecular formula is C17H13F6N3O. The van der Waals surface area contributed by atoms with E-state index in [2.05, 4.69) is 10.3 Å². The first kappa shape index (κ1) is 19.2. The van der Waals surface area contributed by atoms with Gasteiger partial charge in [0.15, 0.2) is 0 Å². The highest BCUT2D eigenvalue weighted by atomic mass is 19.4. The molecule has 2 heterocycles. The minimum atomic E-state index is -4.76. The fourth-order valence-electron chi connectivity index (χ4n) is 3.13. The predicted molar refractivity (Wildman–Crippen MR) is 82.6 cm³/mol. The zero-order valence-corrected chi connectivity index (χ0v) is 13.5. The number of nitrogens with one attached hydrogen (secondary N) is 1. The summed E-state index contributed by atoms with van der Waals surface area (Å²) in [7, 11) is 0. The second-order valence-corrected chi connectivity index (χ2v) is 6.13. The number of fused-ring (bicyclic) bond motifs is 1. The molecule has 144 valence electrons. The minimum absolute atomic E-state index is 0.0638. The third-order valence-electron chi connectivity index (χ3n) is 4.39. The van der Waals surface area contributed by atoms with Crippen LogP contribution in [0, 0.1) is 0 Å². The molecule has 0 bridgehead atoms. The molecule has 0 spiro atoms. The van der Waals surface area contributed by atoms with Crippen molar-refractivity contribution in [3.05, 3.63) is 64.5 Å².